The van der Waals surface area contributed by atoms with E-state index in [2.05, 4.69) is 18.7 Å². The molecule has 1 rings (SSSR count). The molecule has 1 aromatic rings. The maximum Gasteiger partial charge on any atom is 0.203 e. The highest BCUT2D eigenvalue weighted by Gasteiger charge is 2.20. The molecule has 0 saturated heterocycles. The van der Waals surface area contributed by atoms with Crippen molar-refractivity contribution in [1.82, 2.24) is 4.90 Å². The van der Waals surface area contributed by atoms with Gasteiger partial charge in [0, 0.05) is 11.1 Å². The molecule has 0 amide bonds. The summed E-state index contributed by atoms with van der Waals surface area (Å²) in [4.78, 5) is 14.1. The van der Waals surface area contributed by atoms with Crippen LogP contribution in [0.4, 0.5) is 0 Å². The van der Waals surface area contributed by atoms with Crippen molar-refractivity contribution >= 4 is 5.97 Å². The fraction of sp³-hybridized carbons (Fsp3) is 0.682. The Hall–Kier alpha value is -1.95. The lowest BCUT2D eigenvalue weighted by molar-refractivity contribution is -0.255. The van der Waals surface area contributed by atoms with E-state index in [-0.39, 0.29) is 5.56 Å². The molecule has 0 N–H and O–H groups in total. The summed E-state index contributed by atoms with van der Waals surface area (Å²) in [5.74, 6) is -0.0668. The minimum atomic E-state index is -1.23. The van der Waals surface area contributed by atoms with Crippen molar-refractivity contribution in [2.45, 2.75) is 58.8 Å². The lowest BCUT2D eigenvalue weighted by Gasteiger charge is -2.20. The number of aromatic carboxylic acids is 1. The molecule has 0 radical (unpaired) electrons. The first-order chi connectivity index (χ1) is 13.5. The highest BCUT2D eigenvalue weighted by Crippen LogP contribution is 2.42. The maximum atomic E-state index is 11.6. The quantitative estimate of drug-likeness (QED) is 0.425. The highest BCUT2D eigenvalue weighted by atomic mass is 16.5. The van der Waals surface area contributed by atoms with Gasteiger partial charge in [-0.1, -0.05) is 39.5 Å². The van der Waals surface area contributed by atoms with Crippen LogP contribution < -0.4 is 19.3 Å². The van der Waals surface area contributed by atoms with Crippen molar-refractivity contribution in [2.24, 2.45) is 0 Å². The second kappa shape index (κ2) is 13.3. The van der Waals surface area contributed by atoms with Crippen molar-refractivity contribution in [3.05, 3.63) is 17.2 Å². The van der Waals surface area contributed by atoms with Crippen LogP contribution in [0.25, 0.3) is 0 Å². The van der Waals surface area contributed by atoms with Crippen molar-refractivity contribution < 1.29 is 24.1 Å². The summed E-state index contributed by atoms with van der Waals surface area (Å²) in [6, 6.07) is 1.46. The molecule has 0 heterocycles. The highest BCUT2D eigenvalue weighted by molar-refractivity contribution is 5.90. The van der Waals surface area contributed by atoms with Crippen molar-refractivity contribution in [2.75, 3.05) is 41.0 Å². The van der Waals surface area contributed by atoms with E-state index >= 15 is 0 Å². The van der Waals surface area contributed by atoms with Gasteiger partial charge in [0.05, 0.1) is 27.3 Å². The number of hydrogen-bond donors (Lipinski definition) is 0. The third kappa shape index (κ3) is 6.89. The van der Waals surface area contributed by atoms with Crippen LogP contribution >= 0.6 is 0 Å². The van der Waals surface area contributed by atoms with E-state index in [4.69, 9.17) is 14.2 Å². The Morgan fingerprint density at radius 3 is 1.96 bits per heavy atom. The number of carbonyl (C=O) groups is 1. The molecule has 0 unspecified atom stereocenters. The summed E-state index contributed by atoms with van der Waals surface area (Å²) in [5, 5.41) is 11.6. The number of methoxy groups -OCH3 is 3. The summed E-state index contributed by atoms with van der Waals surface area (Å²) in [5.41, 5.74) is 0.718. The first kappa shape index (κ1) is 24.1. The number of carboxylic acids is 1. The number of carbonyl (C=O) groups excluding carboxylic acids is 1. The summed E-state index contributed by atoms with van der Waals surface area (Å²) < 4.78 is 16.1. The molecule has 160 valence electrons. The summed E-state index contributed by atoms with van der Waals surface area (Å²) >= 11 is 0. The SMILES string of the molecule is CCN(CC)CCCCCCCCc1c(C(=O)[O-])cc(OC)c(OC)c1OC. The topological polar surface area (TPSA) is 71.1 Å². The van der Waals surface area contributed by atoms with Crippen LogP contribution in [-0.4, -0.2) is 51.8 Å². The number of rotatable bonds is 15. The second-order valence-electron chi connectivity index (χ2n) is 6.86. The molecule has 6 heteroatoms. The van der Waals surface area contributed by atoms with Gasteiger partial charge >= 0.3 is 0 Å². The minimum Gasteiger partial charge on any atom is -0.545 e. The normalized spacial score (nSPS) is 10.9. The van der Waals surface area contributed by atoms with Gasteiger partial charge in [0.25, 0.3) is 0 Å². The lowest BCUT2D eigenvalue weighted by atomic mass is 9.98. The number of nitrogens with zero attached hydrogens (tertiary/aromatic N) is 1. The van der Waals surface area contributed by atoms with Gasteiger partial charge in [-0.3, -0.25) is 0 Å². The van der Waals surface area contributed by atoms with Crippen LogP contribution in [0.3, 0.4) is 0 Å². The van der Waals surface area contributed by atoms with Crippen molar-refractivity contribution in [3.8, 4) is 17.2 Å². The molecular formula is C22H36NO5-. The van der Waals surface area contributed by atoms with E-state index in [0.29, 0.717) is 29.2 Å². The van der Waals surface area contributed by atoms with Gasteiger partial charge < -0.3 is 29.0 Å². The molecule has 0 aliphatic rings. The zero-order valence-electron chi connectivity index (χ0n) is 18.1. The van der Waals surface area contributed by atoms with Gasteiger partial charge in [-0.25, -0.2) is 0 Å². The fourth-order valence-corrected chi connectivity index (χ4v) is 3.53. The molecule has 28 heavy (non-hydrogen) atoms. The average molecular weight is 395 g/mol. The lowest BCUT2D eigenvalue weighted by Crippen LogP contribution is -2.24. The molecule has 6 nitrogen and oxygen atoms in total. The third-order valence-corrected chi connectivity index (χ3v) is 5.20. The molecule has 0 aromatic heterocycles. The third-order valence-electron chi connectivity index (χ3n) is 5.20. The Labute approximate surface area is 169 Å². The number of unbranched alkanes of at least 4 members (excludes halogenated alkanes) is 5. The van der Waals surface area contributed by atoms with Crippen LogP contribution in [0.1, 0.15) is 68.3 Å². The predicted molar refractivity (Wildman–Crippen MR) is 110 cm³/mol. The van der Waals surface area contributed by atoms with Gasteiger partial charge in [-0.15, -0.1) is 0 Å². The monoisotopic (exact) mass is 394 g/mol. The van der Waals surface area contributed by atoms with E-state index in [1.54, 1.807) is 0 Å². The standard InChI is InChI=1S/C22H37NO5/c1-6-23(7-2)15-13-11-9-8-10-12-14-17-18(22(24)25)16-19(26-3)21(28-5)20(17)27-4/h16H,6-15H2,1-5H3,(H,24,25)/p-1. The zero-order valence-corrected chi connectivity index (χ0v) is 18.1. The van der Waals surface area contributed by atoms with Crippen LogP contribution in [-0.2, 0) is 6.42 Å². The molecule has 0 spiro atoms. The summed E-state index contributed by atoms with van der Waals surface area (Å²) in [6.07, 6.45) is 7.37. The summed E-state index contributed by atoms with van der Waals surface area (Å²) in [7, 11) is 4.49. The maximum absolute atomic E-state index is 11.6. The molecule has 1 aromatic carbocycles. The van der Waals surface area contributed by atoms with Gasteiger partial charge in [0.1, 0.15) is 0 Å². The molecular weight excluding hydrogens is 358 g/mol. The van der Waals surface area contributed by atoms with E-state index in [1.165, 1.54) is 53.2 Å². The van der Waals surface area contributed by atoms with Gasteiger partial charge in [0.15, 0.2) is 11.5 Å². The smallest absolute Gasteiger partial charge is 0.203 e. The molecule has 0 fully saturated rings. The number of benzene rings is 1. The van der Waals surface area contributed by atoms with E-state index in [0.717, 1.165) is 32.4 Å². The molecule has 0 atom stereocenters. The number of carboxylic acid groups (broad SMARTS) is 1. The largest absolute Gasteiger partial charge is 0.545 e. The van der Waals surface area contributed by atoms with Crippen molar-refractivity contribution in [1.29, 1.82) is 0 Å². The molecule has 0 bridgehead atoms. The zero-order chi connectivity index (χ0) is 20.9. The van der Waals surface area contributed by atoms with Crippen LogP contribution in [0.5, 0.6) is 17.2 Å². The average Bonchev–Trinajstić information content (AvgIpc) is 2.71. The van der Waals surface area contributed by atoms with Gasteiger partial charge in [-0.2, -0.15) is 0 Å². The van der Waals surface area contributed by atoms with Gasteiger partial charge in [0.2, 0.25) is 5.75 Å². The minimum absolute atomic E-state index is 0.105. The number of ether oxygens (including phenoxy) is 3. The Balaban J connectivity index is 2.60. The Bertz CT molecular complexity index is 599. The molecule has 0 aliphatic carbocycles. The van der Waals surface area contributed by atoms with Crippen molar-refractivity contribution in [3.63, 3.8) is 0 Å². The fourth-order valence-electron chi connectivity index (χ4n) is 3.53. The number of hydrogen-bond acceptors (Lipinski definition) is 6. The molecule has 0 saturated carbocycles. The first-order valence-corrected chi connectivity index (χ1v) is 10.3. The summed E-state index contributed by atoms with van der Waals surface area (Å²) in [6.45, 7) is 7.80. The molecule has 0 aliphatic heterocycles. The predicted octanol–water partition coefficient (Wildman–Crippen LogP) is 3.30. The Kier molecular flexibility index (Phi) is 11.4. The van der Waals surface area contributed by atoms with E-state index in [9.17, 15) is 9.90 Å². The van der Waals surface area contributed by atoms with Crippen LogP contribution in [0, 0.1) is 0 Å². The van der Waals surface area contributed by atoms with E-state index < -0.39 is 5.97 Å². The van der Waals surface area contributed by atoms with Crippen LogP contribution in [0.15, 0.2) is 6.07 Å². The Morgan fingerprint density at radius 2 is 1.46 bits per heavy atom. The first-order valence-electron chi connectivity index (χ1n) is 10.3. The van der Waals surface area contributed by atoms with E-state index in [1.807, 2.05) is 0 Å². The second-order valence-corrected chi connectivity index (χ2v) is 6.86. The van der Waals surface area contributed by atoms with Crippen LogP contribution in [0.2, 0.25) is 0 Å². The van der Waals surface area contributed by atoms with Gasteiger partial charge in [-0.05, 0) is 45.0 Å². The Morgan fingerprint density at radius 1 is 0.893 bits per heavy atom.